The third-order valence-electron chi connectivity index (χ3n) is 5.39. The number of fused-ring (bicyclic) bond motifs is 2. The van der Waals surface area contributed by atoms with E-state index in [2.05, 4.69) is 17.3 Å². The molecule has 1 N–H and O–H groups in total. The number of hydrogen-bond acceptors (Lipinski definition) is 4. The van der Waals surface area contributed by atoms with Gasteiger partial charge in [0.1, 0.15) is 11.9 Å². The topological polar surface area (TPSA) is 41.6 Å². The van der Waals surface area contributed by atoms with Gasteiger partial charge in [0, 0.05) is 30.5 Å². The van der Waals surface area contributed by atoms with Gasteiger partial charge in [0.05, 0.1) is 5.69 Å². The molecule has 0 saturated carbocycles. The van der Waals surface area contributed by atoms with Gasteiger partial charge in [-0.05, 0) is 54.4 Å². The second-order valence-corrected chi connectivity index (χ2v) is 7.63. The van der Waals surface area contributed by atoms with Crippen molar-refractivity contribution in [3.8, 4) is 11.1 Å². The van der Waals surface area contributed by atoms with Crippen molar-refractivity contribution in [2.45, 2.75) is 43.9 Å². The number of ether oxygens (including phenoxy) is 1. The number of thiophene rings is 1. The Bertz CT molecular complexity index is 751. The monoisotopic (exact) mass is 360 g/mol. The van der Waals surface area contributed by atoms with Gasteiger partial charge in [0.25, 0.3) is 0 Å². The van der Waals surface area contributed by atoms with E-state index < -0.39 is 6.09 Å². The van der Waals surface area contributed by atoms with Crippen LogP contribution in [-0.4, -0.2) is 36.2 Å². The molecule has 0 spiro atoms. The Balaban J connectivity index is 1.46. The van der Waals surface area contributed by atoms with Crippen molar-refractivity contribution in [1.29, 1.82) is 0 Å². The molecule has 0 radical (unpaired) electrons. The zero-order valence-electron chi connectivity index (χ0n) is 14.1. The van der Waals surface area contributed by atoms with Gasteiger partial charge in [-0.15, -0.1) is 0 Å². The highest BCUT2D eigenvalue weighted by atomic mass is 32.1. The van der Waals surface area contributed by atoms with E-state index >= 15 is 0 Å². The third kappa shape index (κ3) is 3.28. The van der Waals surface area contributed by atoms with Crippen LogP contribution in [0, 0.1) is 5.82 Å². The minimum Gasteiger partial charge on any atom is -0.446 e. The molecule has 3 heterocycles. The van der Waals surface area contributed by atoms with Crippen LogP contribution in [0.15, 0.2) is 35.0 Å². The number of nitrogens with zero attached hydrogens (tertiary/aromatic N) is 1. The van der Waals surface area contributed by atoms with E-state index in [-0.39, 0.29) is 11.9 Å². The van der Waals surface area contributed by atoms with E-state index in [9.17, 15) is 9.18 Å². The quantitative estimate of drug-likeness (QED) is 0.860. The number of amides is 1. The molecular weight excluding hydrogens is 339 g/mol. The van der Waals surface area contributed by atoms with Crippen LogP contribution in [0.25, 0.3) is 11.1 Å². The summed E-state index contributed by atoms with van der Waals surface area (Å²) in [5.41, 5.74) is 1.61. The van der Waals surface area contributed by atoms with Crippen LogP contribution < -0.4 is 5.32 Å². The highest BCUT2D eigenvalue weighted by Crippen LogP contribution is 2.36. The molecule has 0 aliphatic carbocycles. The molecule has 2 unspecified atom stereocenters. The van der Waals surface area contributed by atoms with Crippen LogP contribution in [0.1, 0.15) is 25.7 Å². The van der Waals surface area contributed by atoms with E-state index in [0.29, 0.717) is 23.3 Å². The van der Waals surface area contributed by atoms with Crippen molar-refractivity contribution >= 4 is 23.1 Å². The Morgan fingerprint density at radius 1 is 1.28 bits per heavy atom. The number of hydrogen-bond donors (Lipinski definition) is 1. The van der Waals surface area contributed by atoms with Gasteiger partial charge in [0.15, 0.2) is 0 Å². The lowest BCUT2D eigenvalue weighted by atomic mass is 10.0. The van der Waals surface area contributed by atoms with Gasteiger partial charge >= 0.3 is 6.09 Å². The molecule has 2 saturated heterocycles. The molecular formula is C19H21FN2O2S. The molecule has 2 bridgehead atoms. The summed E-state index contributed by atoms with van der Waals surface area (Å²) in [7, 11) is 2.15. The zero-order chi connectivity index (χ0) is 17.4. The number of piperidine rings is 1. The fraction of sp³-hybridized carbons (Fsp3) is 0.421. The molecule has 25 heavy (non-hydrogen) atoms. The van der Waals surface area contributed by atoms with E-state index in [1.165, 1.54) is 30.2 Å². The molecule has 2 aromatic rings. The SMILES string of the molecule is CN1C2CCC1CC(OC(=O)Nc1cccc(F)c1-c1ccsc1)C2. The number of nitrogens with one attached hydrogen (secondary N) is 1. The molecule has 6 heteroatoms. The van der Waals surface area contributed by atoms with E-state index in [0.717, 1.165) is 18.4 Å². The maximum atomic E-state index is 14.3. The number of anilines is 1. The lowest BCUT2D eigenvalue weighted by molar-refractivity contribution is 0.0348. The molecule has 4 nitrogen and oxygen atoms in total. The zero-order valence-corrected chi connectivity index (χ0v) is 14.9. The Labute approximate surface area is 150 Å². The van der Waals surface area contributed by atoms with Crippen molar-refractivity contribution in [2.75, 3.05) is 12.4 Å². The first-order chi connectivity index (χ1) is 12.1. The predicted octanol–water partition coefficient (Wildman–Crippen LogP) is 4.73. The summed E-state index contributed by atoms with van der Waals surface area (Å²) in [6, 6.07) is 7.55. The highest BCUT2D eigenvalue weighted by molar-refractivity contribution is 7.08. The lowest BCUT2D eigenvalue weighted by Crippen LogP contribution is -2.43. The number of halogens is 1. The van der Waals surface area contributed by atoms with Crippen LogP contribution in [0.3, 0.4) is 0 Å². The average Bonchev–Trinajstić information content (AvgIpc) is 3.14. The second-order valence-electron chi connectivity index (χ2n) is 6.85. The number of benzene rings is 1. The average molecular weight is 360 g/mol. The first kappa shape index (κ1) is 16.5. The number of carbonyl (C=O) groups excluding carboxylic acids is 1. The summed E-state index contributed by atoms with van der Waals surface area (Å²) in [4.78, 5) is 14.8. The molecule has 1 amide bonds. The summed E-state index contributed by atoms with van der Waals surface area (Å²) < 4.78 is 19.9. The first-order valence-corrected chi connectivity index (χ1v) is 9.56. The van der Waals surface area contributed by atoms with Gasteiger partial charge in [-0.1, -0.05) is 6.07 Å². The van der Waals surface area contributed by atoms with Crippen LogP contribution >= 0.6 is 11.3 Å². The van der Waals surface area contributed by atoms with Gasteiger partial charge in [0.2, 0.25) is 0 Å². The van der Waals surface area contributed by atoms with Gasteiger partial charge < -0.3 is 9.64 Å². The minimum atomic E-state index is -0.504. The molecule has 2 fully saturated rings. The van der Waals surface area contributed by atoms with Crippen LogP contribution in [0.2, 0.25) is 0 Å². The molecule has 4 rings (SSSR count). The Morgan fingerprint density at radius 2 is 2.04 bits per heavy atom. The van der Waals surface area contributed by atoms with Crippen molar-refractivity contribution in [3.05, 3.63) is 40.8 Å². The minimum absolute atomic E-state index is 0.0631. The maximum Gasteiger partial charge on any atom is 0.411 e. The van der Waals surface area contributed by atoms with E-state index in [1.54, 1.807) is 12.1 Å². The predicted molar refractivity (Wildman–Crippen MR) is 97.4 cm³/mol. The molecule has 132 valence electrons. The standard InChI is InChI=1S/C19H21FN2O2S/c1-22-13-5-6-14(22)10-15(9-13)24-19(23)21-17-4-2-3-16(20)18(17)12-7-8-25-11-12/h2-4,7-8,11,13-15H,5-6,9-10H2,1H3,(H,21,23). The Hall–Kier alpha value is -1.92. The Morgan fingerprint density at radius 3 is 2.72 bits per heavy atom. The smallest absolute Gasteiger partial charge is 0.411 e. The van der Waals surface area contributed by atoms with Crippen LogP contribution in [0.5, 0.6) is 0 Å². The third-order valence-corrected chi connectivity index (χ3v) is 6.07. The lowest BCUT2D eigenvalue weighted by Gasteiger charge is -2.35. The number of rotatable bonds is 3. The maximum absolute atomic E-state index is 14.3. The van der Waals surface area contributed by atoms with Crippen molar-refractivity contribution in [1.82, 2.24) is 4.90 Å². The molecule has 1 aromatic carbocycles. The normalized spacial score (nSPS) is 25.8. The largest absolute Gasteiger partial charge is 0.446 e. The van der Waals surface area contributed by atoms with Gasteiger partial charge in [-0.2, -0.15) is 11.3 Å². The summed E-state index contributed by atoms with van der Waals surface area (Å²) >= 11 is 1.49. The van der Waals surface area contributed by atoms with Gasteiger partial charge in [-0.3, -0.25) is 5.32 Å². The molecule has 1 aromatic heterocycles. The summed E-state index contributed by atoms with van der Waals surface area (Å²) in [6.45, 7) is 0. The second kappa shape index (κ2) is 6.77. The van der Waals surface area contributed by atoms with E-state index in [1.807, 2.05) is 16.8 Å². The van der Waals surface area contributed by atoms with Crippen molar-refractivity contribution in [3.63, 3.8) is 0 Å². The van der Waals surface area contributed by atoms with E-state index in [4.69, 9.17) is 4.74 Å². The summed E-state index contributed by atoms with van der Waals surface area (Å²) in [6.07, 6.45) is 3.54. The van der Waals surface area contributed by atoms with Crippen molar-refractivity contribution in [2.24, 2.45) is 0 Å². The Kier molecular flexibility index (Phi) is 4.48. The summed E-state index contributed by atoms with van der Waals surface area (Å²) in [5.74, 6) is -0.353. The molecule has 2 aliphatic heterocycles. The fourth-order valence-corrected chi connectivity index (χ4v) is 4.72. The number of carbonyl (C=O) groups is 1. The molecule has 2 aliphatic rings. The summed E-state index contributed by atoms with van der Waals surface area (Å²) in [5, 5.41) is 6.49. The first-order valence-electron chi connectivity index (χ1n) is 8.62. The highest BCUT2D eigenvalue weighted by Gasteiger charge is 2.39. The molecule has 2 atom stereocenters. The van der Waals surface area contributed by atoms with Crippen LogP contribution in [0.4, 0.5) is 14.9 Å². The van der Waals surface area contributed by atoms with Crippen LogP contribution in [-0.2, 0) is 4.74 Å². The van der Waals surface area contributed by atoms with Crippen molar-refractivity contribution < 1.29 is 13.9 Å². The van der Waals surface area contributed by atoms with Gasteiger partial charge in [-0.25, -0.2) is 9.18 Å². The fourth-order valence-electron chi connectivity index (χ4n) is 4.08.